The van der Waals surface area contributed by atoms with Crippen LogP contribution in [0.3, 0.4) is 0 Å². The Morgan fingerprint density at radius 1 is 0.383 bits per heavy atom. The number of anilines is 4. The number of fused-ring (bicyclic) bond motifs is 8. The second-order valence-electron chi connectivity index (χ2n) is 30.0. The molecule has 0 N–H and O–H groups in total. The Bertz CT molecular complexity index is 4990. The summed E-state index contributed by atoms with van der Waals surface area (Å²) >= 11 is 0. The summed E-state index contributed by atoms with van der Waals surface area (Å²) < 4.78 is 9.63. The molecule has 94 heavy (non-hydrogen) atoms. The summed E-state index contributed by atoms with van der Waals surface area (Å²) in [6.07, 6.45) is 2.11. The first-order chi connectivity index (χ1) is 45.1. The van der Waals surface area contributed by atoms with E-state index in [0.29, 0.717) is 6.67 Å². The van der Waals surface area contributed by atoms with Gasteiger partial charge in [0.15, 0.2) is 8.07 Å². The molecule has 11 aromatic carbocycles. The Balaban J connectivity index is 0.880. The zero-order valence-electron chi connectivity index (χ0n) is 56.3. The lowest BCUT2D eigenvalue weighted by atomic mass is 9.78. The molecule has 0 bridgehead atoms. The molecular weight excluding hydrogens is 1160 g/mol. The van der Waals surface area contributed by atoms with E-state index < -0.39 is 8.07 Å². The normalized spacial score (nSPS) is 13.7. The number of hydrogen-bond donors (Lipinski definition) is 0. The third-order valence-corrected chi connectivity index (χ3v) is 24.7. The molecule has 0 radical (unpaired) electrons. The predicted molar refractivity (Wildman–Crippen MR) is 401 cm³/mol. The first-order valence-corrected chi connectivity index (χ1v) is 35.4. The molecule has 0 amide bonds. The number of benzene rings is 11. The molecule has 0 atom stereocenters. The fourth-order valence-corrected chi connectivity index (χ4v) is 20.1. The molecule has 2 aromatic heterocycles. The van der Waals surface area contributed by atoms with Gasteiger partial charge < -0.3 is 14.5 Å². The molecule has 0 unspecified atom stereocenters. The van der Waals surface area contributed by atoms with Gasteiger partial charge in [-0.1, -0.05) is 283 Å². The number of nitrogens with zero attached hydrogens (tertiary/aromatic N) is 4. The van der Waals surface area contributed by atoms with Crippen molar-refractivity contribution in [2.45, 2.75) is 105 Å². The minimum Gasteiger partial charge on any atom is -0.457 e. The van der Waals surface area contributed by atoms with Crippen LogP contribution < -0.4 is 35.3 Å². The third kappa shape index (κ3) is 10.3. The van der Waals surface area contributed by atoms with Crippen LogP contribution in [0.2, 0.25) is 0 Å². The molecule has 5 nitrogen and oxygen atoms in total. The quantitative estimate of drug-likeness (QED) is 0.128. The number of rotatable bonds is 10. The van der Waals surface area contributed by atoms with Gasteiger partial charge in [0.25, 0.3) is 0 Å². The lowest BCUT2D eigenvalue weighted by Crippen LogP contribution is -2.72. The van der Waals surface area contributed by atoms with Crippen molar-refractivity contribution < 1.29 is 4.74 Å². The van der Waals surface area contributed by atoms with E-state index >= 15 is 0 Å². The minimum absolute atomic E-state index is 0.0430. The molecule has 0 aliphatic carbocycles. The van der Waals surface area contributed by atoms with Crippen molar-refractivity contribution >= 4 is 73.4 Å². The molecule has 15 rings (SSSR count). The van der Waals surface area contributed by atoms with Gasteiger partial charge in [-0.05, 0) is 141 Å². The zero-order chi connectivity index (χ0) is 65.1. The van der Waals surface area contributed by atoms with Crippen molar-refractivity contribution in [1.29, 1.82) is 0 Å². The maximum absolute atomic E-state index is 7.22. The lowest BCUT2D eigenvalue weighted by Gasteiger charge is -2.31. The number of hydrogen-bond acceptors (Lipinski definition) is 4. The highest BCUT2D eigenvalue weighted by Gasteiger charge is 2.49. The zero-order valence-corrected chi connectivity index (χ0v) is 57.3. The van der Waals surface area contributed by atoms with Crippen molar-refractivity contribution in [2.24, 2.45) is 0 Å². The summed E-state index contributed by atoms with van der Waals surface area (Å²) in [7, 11) is -2.83. The van der Waals surface area contributed by atoms with Crippen molar-refractivity contribution in [2.75, 3.05) is 16.5 Å². The van der Waals surface area contributed by atoms with Crippen molar-refractivity contribution in [3.63, 3.8) is 0 Å². The molecule has 0 saturated carbocycles. The minimum atomic E-state index is -2.83. The van der Waals surface area contributed by atoms with Gasteiger partial charge in [0.1, 0.15) is 24.0 Å². The van der Waals surface area contributed by atoms with Crippen molar-refractivity contribution in [3.8, 4) is 61.8 Å². The number of ether oxygens (including phenoxy) is 1. The molecule has 13 aromatic rings. The van der Waals surface area contributed by atoms with Gasteiger partial charge >= 0.3 is 0 Å². The highest BCUT2D eigenvalue weighted by Crippen LogP contribution is 2.52. The summed E-state index contributed by atoms with van der Waals surface area (Å²) in [6.45, 7) is 28.3. The van der Waals surface area contributed by atoms with Gasteiger partial charge in [0, 0.05) is 51.5 Å². The fourth-order valence-electron chi connectivity index (χ4n) is 14.9. The highest BCUT2D eigenvalue weighted by molar-refractivity contribution is 7.22. The fraction of sp³-hybridized carbons (Fsp3) is 0.193. The monoisotopic (exact) mass is 1240 g/mol. The number of para-hydroxylation sites is 3. The van der Waals surface area contributed by atoms with E-state index in [1.165, 1.54) is 87.5 Å². The third-order valence-electron chi connectivity index (χ3n) is 19.8. The second kappa shape index (κ2) is 22.6. The van der Waals surface area contributed by atoms with E-state index in [0.717, 1.165) is 61.9 Å². The molecule has 0 fully saturated rings. The Labute approximate surface area is 556 Å². The smallest absolute Gasteiger partial charge is 0.180 e. The summed E-state index contributed by atoms with van der Waals surface area (Å²) in [5.41, 5.74) is 21.3. The van der Waals surface area contributed by atoms with Crippen molar-refractivity contribution in [3.05, 3.63) is 289 Å². The molecular formula is C88H82N4OSi. The van der Waals surface area contributed by atoms with Crippen LogP contribution in [0.5, 0.6) is 11.5 Å². The Hall–Kier alpha value is -10.0. The van der Waals surface area contributed by atoms with Crippen LogP contribution in [0.4, 0.5) is 22.7 Å². The van der Waals surface area contributed by atoms with Crippen LogP contribution in [0.1, 0.15) is 105 Å². The maximum Gasteiger partial charge on any atom is 0.180 e. The van der Waals surface area contributed by atoms with Gasteiger partial charge in [-0.3, -0.25) is 4.57 Å². The number of aromatic nitrogens is 2. The van der Waals surface area contributed by atoms with Crippen LogP contribution in [0, 0.1) is 0 Å². The van der Waals surface area contributed by atoms with E-state index in [1.807, 2.05) is 0 Å². The SMILES string of the molecule is CC(C)(C)c1ccc(-c2cnc(-n3c4cc(Oc5cccc(N6CN(c7c(-c8ccccc8)cccc7-c7cc(C(C)(C)C)cc(C(C)(C)C)c7)c7ccccc76)c5)ccc4c4c5c(ccc43)[Si](c3ccccc3)(c3ccccc3)c3ccccc3-5)cc2C(C)(C)C)cc1. The molecule has 464 valence electrons. The summed E-state index contributed by atoms with van der Waals surface area (Å²) in [4.78, 5) is 10.5. The molecule has 2 aliphatic rings. The Morgan fingerprint density at radius 2 is 0.936 bits per heavy atom. The first-order valence-electron chi connectivity index (χ1n) is 33.4. The molecule has 4 heterocycles. The summed E-state index contributed by atoms with van der Waals surface area (Å²) in [5.74, 6) is 2.36. The molecule has 0 saturated heterocycles. The average molecular weight is 1240 g/mol. The topological polar surface area (TPSA) is 33.5 Å². The van der Waals surface area contributed by atoms with Crippen LogP contribution in [0.25, 0.3) is 72.1 Å². The van der Waals surface area contributed by atoms with E-state index in [-0.39, 0.29) is 21.7 Å². The van der Waals surface area contributed by atoms with E-state index in [9.17, 15) is 0 Å². The Morgan fingerprint density at radius 3 is 1.57 bits per heavy atom. The highest BCUT2D eigenvalue weighted by atomic mass is 28.3. The van der Waals surface area contributed by atoms with Gasteiger partial charge in [-0.25, -0.2) is 4.98 Å². The largest absolute Gasteiger partial charge is 0.457 e. The van der Waals surface area contributed by atoms with Gasteiger partial charge in [-0.2, -0.15) is 0 Å². The van der Waals surface area contributed by atoms with E-state index in [1.54, 1.807) is 0 Å². The first kappa shape index (κ1) is 60.2. The second-order valence-corrected chi connectivity index (χ2v) is 33.8. The predicted octanol–water partition coefficient (Wildman–Crippen LogP) is 20.8. The van der Waals surface area contributed by atoms with Gasteiger partial charge in [0.05, 0.1) is 28.1 Å². The van der Waals surface area contributed by atoms with Crippen molar-refractivity contribution in [1.82, 2.24) is 9.55 Å². The summed E-state index contributed by atoms with van der Waals surface area (Å²) in [6, 6.07) is 97.4. The maximum atomic E-state index is 7.22. The van der Waals surface area contributed by atoms with Gasteiger partial charge in [0.2, 0.25) is 0 Å². The number of pyridine rings is 1. The lowest BCUT2D eigenvalue weighted by molar-refractivity contribution is 0.483. The molecule has 6 heteroatoms. The Kier molecular flexibility index (Phi) is 14.5. The van der Waals surface area contributed by atoms with Crippen LogP contribution in [-0.4, -0.2) is 24.3 Å². The molecule has 0 spiro atoms. The summed E-state index contributed by atoms with van der Waals surface area (Å²) in [5, 5.41) is 7.94. The molecule has 2 aliphatic heterocycles. The van der Waals surface area contributed by atoms with Crippen LogP contribution in [0.15, 0.2) is 267 Å². The average Bonchev–Trinajstić information content (AvgIpc) is 1.52. The van der Waals surface area contributed by atoms with Crippen LogP contribution >= 0.6 is 0 Å². The van der Waals surface area contributed by atoms with Crippen LogP contribution in [-0.2, 0) is 21.7 Å². The van der Waals surface area contributed by atoms with E-state index in [2.05, 4.69) is 365 Å². The van der Waals surface area contributed by atoms with E-state index in [4.69, 9.17) is 9.72 Å². The van der Waals surface area contributed by atoms with Gasteiger partial charge in [-0.15, -0.1) is 0 Å². The standard InChI is InChI=1S/C88H82N4OSi/c1-85(2,3)61-44-42-59(43-45-61)73-56-89-81(55-74(73)88(10,11)12)92-77-48-49-80-83(72-36-22-25-41-79(72)94(80,67-32-18-14-19-33-67)68-34-20-15-21-35-68)82(77)71-47-46-66(54-78(71)92)93-65-31-26-30-64(53-65)90-57-91(76-40-24-23-39-75(76)90)84-69(58-28-16-13-17-29-58)37-27-38-70(84)60-50-62(86(4,5)6)52-63(51-60)87(7,8)9/h13-56H,57H2,1-12H3.